The van der Waals surface area contributed by atoms with Crippen LogP contribution in [0.15, 0.2) is 36.4 Å². The van der Waals surface area contributed by atoms with E-state index < -0.39 is 12.1 Å². The quantitative estimate of drug-likeness (QED) is 0.689. The van der Waals surface area contributed by atoms with Crippen LogP contribution in [0.1, 0.15) is 35.4 Å². The first-order valence-electron chi connectivity index (χ1n) is 7.38. The summed E-state index contributed by atoms with van der Waals surface area (Å²) in [6.07, 6.45) is -0.455. The molecule has 0 fully saturated rings. The van der Waals surface area contributed by atoms with E-state index in [1.165, 1.54) is 20.1 Å². The molecule has 6 heteroatoms. The SMILES string of the molecule is COc1cc(O)c2c(c1OC(C)=O)OC(c1ccccc1)CC2=O. The lowest BCUT2D eigenvalue weighted by Gasteiger charge is -2.28. The monoisotopic (exact) mass is 328 g/mol. The van der Waals surface area contributed by atoms with E-state index in [0.717, 1.165) is 5.56 Å². The molecule has 0 saturated carbocycles. The van der Waals surface area contributed by atoms with Gasteiger partial charge in [0.05, 0.1) is 13.5 Å². The number of carbonyl (C=O) groups excluding carboxylic acids is 2. The number of phenolic OH excluding ortho intramolecular Hbond substituents is 1. The average molecular weight is 328 g/mol. The Labute approximate surface area is 138 Å². The van der Waals surface area contributed by atoms with E-state index in [-0.39, 0.29) is 40.8 Å². The van der Waals surface area contributed by atoms with Gasteiger partial charge in [-0.15, -0.1) is 0 Å². The molecule has 24 heavy (non-hydrogen) atoms. The Morgan fingerprint density at radius 3 is 2.62 bits per heavy atom. The number of phenols is 1. The molecule has 1 heterocycles. The van der Waals surface area contributed by atoms with Crippen molar-refractivity contribution in [1.29, 1.82) is 0 Å². The number of methoxy groups -OCH3 is 1. The zero-order chi connectivity index (χ0) is 17.3. The molecule has 0 bridgehead atoms. The van der Waals surface area contributed by atoms with Crippen molar-refractivity contribution >= 4 is 11.8 Å². The number of fused-ring (bicyclic) bond motifs is 1. The Bertz CT molecular complexity index is 797. The number of Topliss-reactive ketones (excluding diaryl/α,β-unsaturated/α-hetero) is 1. The van der Waals surface area contributed by atoms with Gasteiger partial charge in [0.25, 0.3) is 0 Å². The molecular formula is C18H16O6. The number of ketones is 1. The standard InChI is InChI=1S/C18H16O6/c1-10(19)23-17-15(22-2)9-13(21)16-12(20)8-14(24-18(16)17)11-6-4-3-5-7-11/h3-7,9,14,21H,8H2,1-2H3. The Hall–Kier alpha value is -3.02. The van der Waals surface area contributed by atoms with E-state index in [1.54, 1.807) is 0 Å². The minimum Gasteiger partial charge on any atom is -0.507 e. The molecule has 1 aliphatic rings. The molecule has 3 rings (SSSR count). The van der Waals surface area contributed by atoms with E-state index in [9.17, 15) is 14.7 Å². The minimum atomic E-state index is -0.584. The first-order chi connectivity index (χ1) is 11.5. The van der Waals surface area contributed by atoms with Gasteiger partial charge in [-0.3, -0.25) is 9.59 Å². The van der Waals surface area contributed by atoms with Gasteiger partial charge in [0, 0.05) is 13.0 Å². The highest BCUT2D eigenvalue weighted by Gasteiger charge is 2.35. The fraction of sp³-hybridized carbons (Fsp3) is 0.222. The molecule has 0 spiro atoms. The summed E-state index contributed by atoms with van der Waals surface area (Å²) in [5.74, 6) is -1.02. The number of benzene rings is 2. The summed E-state index contributed by atoms with van der Waals surface area (Å²) in [5, 5.41) is 10.1. The van der Waals surface area contributed by atoms with Crippen LogP contribution in [0.2, 0.25) is 0 Å². The number of carbonyl (C=O) groups is 2. The van der Waals surface area contributed by atoms with E-state index >= 15 is 0 Å². The van der Waals surface area contributed by atoms with E-state index in [0.29, 0.717) is 0 Å². The molecular weight excluding hydrogens is 312 g/mol. The zero-order valence-corrected chi connectivity index (χ0v) is 13.2. The van der Waals surface area contributed by atoms with Crippen LogP contribution >= 0.6 is 0 Å². The summed E-state index contributed by atoms with van der Waals surface area (Å²) in [7, 11) is 1.37. The van der Waals surface area contributed by atoms with Crippen LogP contribution in [-0.4, -0.2) is 24.0 Å². The van der Waals surface area contributed by atoms with Crippen LogP contribution in [0.4, 0.5) is 0 Å². The largest absolute Gasteiger partial charge is 0.507 e. The molecule has 0 aliphatic carbocycles. The first kappa shape index (κ1) is 15.9. The normalized spacial score (nSPS) is 16.1. The van der Waals surface area contributed by atoms with Crippen LogP contribution in [0.25, 0.3) is 0 Å². The van der Waals surface area contributed by atoms with Gasteiger partial charge >= 0.3 is 5.97 Å². The maximum absolute atomic E-state index is 12.5. The number of hydrogen-bond acceptors (Lipinski definition) is 6. The number of ether oxygens (including phenoxy) is 3. The number of esters is 1. The van der Waals surface area contributed by atoms with Gasteiger partial charge in [-0.2, -0.15) is 0 Å². The lowest BCUT2D eigenvalue weighted by Crippen LogP contribution is -2.22. The van der Waals surface area contributed by atoms with Gasteiger partial charge in [0.1, 0.15) is 17.4 Å². The fourth-order valence-corrected chi connectivity index (χ4v) is 2.69. The third-order valence-electron chi connectivity index (χ3n) is 3.73. The Balaban J connectivity index is 2.13. The summed E-state index contributed by atoms with van der Waals surface area (Å²) in [6, 6.07) is 10.5. The van der Waals surface area contributed by atoms with Crippen molar-refractivity contribution < 1.29 is 28.9 Å². The Morgan fingerprint density at radius 1 is 1.29 bits per heavy atom. The average Bonchev–Trinajstić information content (AvgIpc) is 2.57. The van der Waals surface area contributed by atoms with E-state index in [4.69, 9.17) is 14.2 Å². The highest BCUT2D eigenvalue weighted by atomic mass is 16.6. The smallest absolute Gasteiger partial charge is 0.308 e. The van der Waals surface area contributed by atoms with E-state index in [2.05, 4.69) is 0 Å². The highest BCUT2D eigenvalue weighted by molar-refractivity contribution is 6.04. The van der Waals surface area contributed by atoms with Crippen molar-refractivity contribution in [1.82, 2.24) is 0 Å². The van der Waals surface area contributed by atoms with Crippen LogP contribution < -0.4 is 14.2 Å². The van der Waals surface area contributed by atoms with Crippen molar-refractivity contribution in [3.8, 4) is 23.0 Å². The molecule has 0 radical (unpaired) electrons. The maximum atomic E-state index is 12.5. The van der Waals surface area contributed by atoms with Gasteiger partial charge < -0.3 is 19.3 Å². The number of aromatic hydroxyl groups is 1. The van der Waals surface area contributed by atoms with Gasteiger partial charge in [-0.25, -0.2) is 0 Å². The molecule has 0 saturated heterocycles. The first-order valence-corrected chi connectivity index (χ1v) is 7.38. The van der Waals surface area contributed by atoms with Crippen LogP contribution in [0.3, 0.4) is 0 Å². The maximum Gasteiger partial charge on any atom is 0.308 e. The van der Waals surface area contributed by atoms with Crippen LogP contribution in [0, 0.1) is 0 Å². The molecule has 124 valence electrons. The van der Waals surface area contributed by atoms with Gasteiger partial charge in [0.15, 0.2) is 17.3 Å². The molecule has 1 aliphatic heterocycles. The Morgan fingerprint density at radius 2 is 2.00 bits per heavy atom. The zero-order valence-electron chi connectivity index (χ0n) is 13.2. The molecule has 1 atom stereocenters. The summed E-state index contributed by atoms with van der Waals surface area (Å²) >= 11 is 0. The lowest BCUT2D eigenvalue weighted by molar-refractivity contribution is -0.132. The molecule has 0 aromatic heterocycles. The highest BCUT2D eigenvalue weighted by Crippen LogP contribution is 2.50. The molecule has 1 unspecified atom stereocenters. The van der Waals surface area contributed by atoms with Crippen LogP contribution in [-0.2, 0) is 4.79 Å². The summed E-state index contributed by atoms with van der Waals surface area (Å²) in [5.41, 5.74) is 0.812. The third kappa shape index (κ3) is 2.78. The summed E-state index contributed by atoms with van der Waals surface area (Å²) in [4.78, 5) is 23.9. The summed E-state index contributed by atoms with van der Waals surface area (Å²) < 4.78 is 16.2. The second-order valence-electron chi connectivity index (χ2n) is 5.37. The van der Waals surface area contributed by atoms with Crippen molar-refractivity contribution in [2.45, 2.75) is 19.4 Å². The second-order valence-corrected chi connectivity index (χ2v) is 5.37. The van der Waals surface area contributed by atoms with Gasteiger partial charge in [-0.05, 0) is 5.56 Å². The lowest BCUT2D eigenvalue weighted by atomic mass is 9.95. The molecule has 0 amide bonds. The number of rotatable bonds is 3. The van der Waals surface area contributed by atoms with E-state index in [1.807, 2.05) is 30.3 Å². The molecule has 2 aromatic rings. The van der Waals surface area contributed by atoms with Crippen molar-refractivity contribution in [2.75, 3.05) is 7.11 Å². The topological polar surface area (TPSA) is 82.1 Å². The predicted molar refractivity (Wildman–Crippen MR) is 84.7 cm³/mol. The predicted octanol–water partition coefficient (Wildman–Crippen LogP) is 3.03. The van der Waals surface area contributed by atoms with Gasteiger partial charge in [0.2, 0.25) is 5.75 Å². The van der Waals surface area contributed by atoms with Crippen molar-refractivity contribution in [3.63, 3.8) is 0 Å². The molecule has 6 nitrogen and oxygen atoms in total. The van der Waals surface area contributed by atoms with Crippen molar-refractivity contribution in [2.24, 2.45) is 0 Å². The third-order valence-corrected chi connectivity index (χ3v) is 3.73. The van der Waals surface area contributed by atoms with Crippen LogP contribution in [0.5, 0.6) is 23.0 Å². The molecule has 2 aromatic carbocycles. The summed E-state index contributed by atoms with van der Waals surface area (Å²) in [6.45, 7) is 1.23. The minimum absolute atomic E-state index is 0.000712. The fourth-order valence-electron chi connectivity index (χ4n) is 2.69. The molecule has 1 N–H and O–H groups in total. The van der Waals surface area contributed by atoms with Gasteiger partial charge in [-0.1, -0.05) is 30.3 Å². The number of hydrogen-bond donors (Lipinski definition) is 1. The van der Waals surface area contributed by atoms with Crippen molar-refractivity contribution in [3.05, 3.63) is 47.5 Å². The second kappa shape index (κ2) is 6.23. The Kier molecular flexibility index (Phi) is 4.12.